The lowest BCUT2D eigenvalue weighted by molar-refractivity contribution is -0.0965. The number of hydrogen-bond donors (Lipinski definition) is 2. The van der Waals surface area contributed by atoms with Crippen LogP contribution in [0.1, 0.15) is 38.5 Å². The van der Waals surface area contributed by atoms with E-state index in [0.29, 0.717) is 0 Å². The number of aliphatic hydroxyl groups excluding tert-OH is 2. The van der Waals surface area contributed by atoms with Gasteiger partial charge in [0.2, 0.25) is 0 Å². The highest BCUT2D eigenvalue weighted by atomic mass is 16.5. The predicted molar refractivity (Wildman–Crippen MR) is 55.4 cm³/mol. The zero-order chi connectivity index (χ0) is 10.5. The minimum Gasteiger partial charge on any atom is -0.393 e. The summed E-state index contributed by atoms with van der Waals surface area (Å²) in [6.45, 7) is 1.60. The van der Waals surface area contributed by atoms with Crippen molar-refractivity contribution in [3.05, 3.63) is 0 Å². The SMILES string of the molecule is OC1CCC23CCC(O)CC2(COC3)C1. The summed E-state index contributed by atoms with van der Waals surface area (Å²) in [5, 5.41) is 19.7. The Hall–Kier alpha value is -0.120. The maximum atomic E-state index is 9.84. The largest absolute Gasteiger partial charge is 0.393 e. The van der Waals surface area contributed by atoms with E-state index in [1.807, 2.05) is 0 Å². The van der Waals surface area contributed by atoms with Crippen molar-refractivity contribution in [1.82, 2.24) is 0 Å². The smallest absolute Gasteiger partial charge is 0.0546 e. The summed E-state index contributed by atoms with van der Waals surface area (Å²) in [5.41, 5.74) is 0.369. The van der Waals surface area contributed by atoms with Crippen LogP contribution in [0.4, 0.5) is 0 Å². The first kappa shape index (κ1) is 10.1. The number of aliphatic hydroxyl groups is 2. The fourth-order valence-electron chi connectivity index (χ4n) is 4.17. The van der Waals surface area contributed by atoms with Gasteiger partial charge in [-0.05, 0) is 38.5 Å². The van der Waals surface area contributed by atoms with Crippen LogP contribution in [0.5, 0.6) is 0 Å². The van der Waals surface area contributed by atoms with Crippen LogP contribution in [-0.2, 0) is 4.74 Å². The second-order valence-corrected chi connectivity index (χ2v) is 5.85. The van der Waals surface area contributed by atoms with Gasteiger partial charge >= 0.3 is 0 Å². The van der Waals surface area contributed by atoms with E-state index in [1.165, 1.54) is 0 Å². The molecule has 86 valence electrons. The summed E-state index contributed by atoms with van der Waals surface area (Å²) in [7, 11) is 0. The van der Waals surface area contributed by atoms with E-state index >= 15 is 0 Å². The highest BCUT2D eigenvalue weighted by molar-refractivity contribution is 5.09. The fraction of sp³-hybridized carbons (Fsp3) is 1.00. The topological polar surface area (TPSA) is 49.7 Å². The molecule has 1 aliphatic heterocycles. The summed E-state index contributed by atoms with van der Waals surface area (Å²) >= 11 is 0. The molecule has 0 aromatic carbocycles. The molecular formula is C12H20O3. The molecule has 3 aliphatic rings. The van der Waals surface area contributed by atoms with Gasteiger partial charge in [0.1, 0.15) is 0 Å². The molecule has 3 nitrogen and oxygen atoms in total. The van der Waals surface area contributed by atoms with E-state index in [2.05, 4.69) is 0 Å². The molecule has 0 bridgehead atoms. The zero-order valence-corrected chi connectivity index (χ0v) is 9.11. The van der Waals surface area contributed by atoms with Gasteiger partial charge in [0.25, 0.3) is 0 Å². The standard InChI is InChI=1S/C12H20O3/c13-9-1-3-11-4-2-10(14)6-12(11,5-9)8-15-7-11/h9-10,13-14H,1-8H2. The monoisotopic (exact) mass is 212 g/mol. The summed E-state index contributed by atoms with van der Waals surface area (Å²) in [4.78, 5) is 0. The molecule has 2 aliphatic carbocycles. The van der Waals surface area contributed by atoms with Crippen molar-refractivity contribution in [1.29, 1.82) is 0 Å². The molecule has 0 amide bonds. The van der Waals surface area contributed by atoms with Gasteiger partial charge in [-0.3, -0.25) is 0 Å². The van der Waals surface area contributed by atoms with Gasteiger partial charge in [0, 0.05) is 10.8 Å². The normalized spacial score (nSPS) is 54.8. The van der Waals surface area contributed by atoms with E-state index in [1.54, 1.807) is 0 Å². The van der Waals surface area contributed by atoms with Crippen LogP contribution < -0.4 is 0 Å². The Balaban J connectivity index is 1.94. The van der Waals surface area contributed by atoms with Gasteiger partial charge in [-0.25, -0.2) is 0 Å². The van der Waals surface area contributed by atoms with Crippen LogP contribution in [0.3, 0.4) is 0 Å². The van der Waals surface area contributed by atoms with E-state index in [-0.39, 0.29) is 23.0 Å². The Labute approximate surface area is 90.4 Å². The number of hydrogen-bond acceptors (Lipinski definition) is 3. The Morgan fingerprint density at radius 1 is 0.867 bits per heavy atom. The average molecular weight is 212 g/mol. The molecule has 0 aromatic rings. The van der Waals surface area contributed by atoms with Crippen LogP contribution >= 0.6 is 0 Å². The highest BCUT2D eigenvalue weighted by Gasteiger charge is 2.60. The molecule has 0 radical (unpaired) electrons. The van der Waals surface area contributed by atoms with E-state index in [4.69, 9.17) is 4.74 Å². The molecule has 1 saturated heterocycles. The van der Waals surface area contributed by atoms with Crippen LogP contribution in [0.25, 0.3) is 0 Å². The summed E-state index contributed by atoms with van der Waals surface area (Å²) in [6.07, 6.45) is 5.33. The molecule has 3 rings (SSSR count). The van der Waals surface area contributed by atoms with Gasteiger partial charge in [-0.2, -0.15) is 0 Å². The Morgan fingerprint density at radius 2 is 1.40 bits per heavy atom. The van der Waals surface area contributed by atoms with E-state index in [9.17, 15) is 10.2 Å². The highest BCUT2D eigenvalue weighted by Crippen LogP contribution is 2.62. The zero-order valence-electron chi connectivity index (χ0n) is 9.11. The number of rotatable bonds is 0. The van der Waals surface area contributed by atoms with Crippen molar-refractivity contribution >= 4 is 0 Å². The van der Waals surface area contributed by atoms with Gasteiger partial charge in [0.05, 0.1) is 25.4 Å². The van der Waals surface area contributed by atoms with Crippen molar-refractivity contribution in [3.63, 3.8) is 0 Å². The van der Waals surface area contributed by atoms with Crippen molar-refractivity contribution in [2.75, 3.05) is 13.2 Å². The summed E-state index contributed by atoms with van der Waals surface area (Å²) in [6, 6.07) is 0. The Kier molecular flexibility index (Phi) is 2.14. The van der Waals surface area contributed by atoms with Crippen molar-refractivity contribution in [2.45, 2.75) is 50.7 Å². The van der Waals surface area contributed by atoms with Gasteiger partial charge in [0.15, 0.2) is 0 Å². The average Bonchev–Trinajstić information content (AvgIpc) is 2.55. The van der Waals surface area contributed by atoms with Crippen LogP contribution in [0, 0.1) is 10.8 Å². The van der Waals surface area contributed by atoms with E-state index in [0.717, 1.165) is 51.7 Å². The Morgan fingerprint density at radius 3 is 2.00 bits per heavy atom. The minimum absolute atomic E-state index is 0.0856. The van der Waals surface area contributed by atoms with E-state index < -0.39 is 0 Å². The molecule has 2 unspecified atom stereocenters. The van der Waals surface area contributed by atoms with Crippen LogP contribution in [0.15, 0.2) is 0 Å². The molecule has 3 heteroatoms. The quantitative estimate of drug-likeness (QED) is 0.631. The van der Waals surface area contributed by atoms with Crippen molar-refractivity contribution in [3.8, 4) is 0 Å². The molecule has 2 saturated carbocycles. The third-order valence-corrected chi connectivity index (χ3v) is 5.05. The van der Waals surface area contributed by atoms with Crippen LogP contribution in [0.2, 0.25) is 0 Å². The fourth-order valence-corrected chi connectivity index (χ4v) is 4.17. The maximum Gasteiger partial charge on any atom is 0.0546 e. The van der Waals surface area contributed by atoms with Gasteiger partial charge < -0.3 is 14.9 Å². The third-order valence-electron chi connectivity index (χ3n) is 5.05. The predicted octanol–water partition coefficient (Wildman–Crippen LogP) is 1.08. The molecule has 2 atom stereocenters. The van der Waals surface area contributed by atoms with Crippen molar-refractivity contribution < 1.29 is 14.9 Å². The number of ether oxygens (including phenoxy) is 1. The lowest BCUT2D eigenvalue weighted by Crippen LogP contribution is -2.52. The molecule has 1 heterocycles. The second kappa shape index (κ2) is 3.19. The molecular weight excluding hydrogens is 192 g/mol. The van der Waals surface area contributed by atoms with Crippen LogP contribution in [-0.4, -0.2) is 35.6 Å². The molecule has 3 fully saturated rings. The Bertz CT molecular complexity index is 248. The first-order valence-electron chi connectivity index (χ1n) is 6.10. The first-order valence-corrected chi connectivity index (χ1v) is 6.10. The second-order valence-electron chi connectivity index (χ2n) is 5.85. The first-order chi connectivity index (χ1) is 7.16. The lowest BCUT2D eigenvalue weighted by Gasteiger charge is -2.53. The molecule has 15 heavy (non-hydrogen) atoms. The minimum atomic E-state index is -0.176. The maximum absolute atomic E-state index is 9.84. The lowest BCUT2D eigenvalue weighted by atomic mass is 9.51. The molecule has 0 aromatic heterocycles. The van der Waals surface area contributed by atoms with Crippen molar-refractivity contribution in [2.24, 2.45) is 10.8 Å². The third kappa shape index (κ3) is 1.30. The summed E-state index contributed by atoms with van der Waals surface area (Å²) in [5.74, 6) is 0. The van der Waals surface area contributed by atoms with Gasteiger partial charge in [-0.1, -0.05) is 0 Å². The summed E-state index contributed by atoms with van der Waals surface area (Å²) < 4.78 is 5.69. The molecule has 0 spiro atoms. The molecule has 2 N–H and O–H groups in total. The van der Waals surface area contributed by atoms with Gasteiger partial charge in [-0.15, -0.1) is 0 Å².